The SMILES string of the molecule is Cc1cccc2c3[nH][nH]c(Nc4ccc(C(F)(F)F)cc4)c-3cc12. The van der Waals surface area contributed by atoms with Crippen molar-refractivity contribution in [1.82, 2.24) is 10.2 Å². The fourth-order valence-electron chi connectivity index (χ4n) is 2.96. The molecular weight excluding hydrogens is 315 g/mol. The molecule has 0 atom stereocenters. The summed E-state index contributed by atoms with van der Waals surface area (Å²) in [6, 6.07) is 13.1. The average Bonchev–Trinajstić information content (AvgIpc) is 3.09. The zero-order valence-electron chi connectivity index (χ0n) is 12.8. The van der Waals surface area contributed by atoms with E-state index in [-0.39, 0.29) is 0 Å². The number of benzene rings is 2. The Morgan fingerprint density at radius 1 is 0.917 bits per heavy atom. The minimum absolute atomic E-state index is 0.585. The van der Waals surface area contributed by atoms with Gasteiger partial charge in [-0.2, -0.15) is 13.2 Å². The van der Waals surface area contributed by atoms with Crippen LogP contribution >= 0.6 is 0 Å². The Kier molecular flexibility index (Phi) is 3.09. The normalized spacial score (nSPS) is 12.2. The molecule has 4 rings (SSSR count). The largest absolute Gasteiger partial charge is 0.416 e. The van der Waals surface area contributed by atoms with Crippen LogP contribution in [0.5, 0.6) is 0 Å². The van der Waals surface area contributed by atoms with E-state index in [0.29, 0.717) is 5.69 Å². The summed E-state index contributed by atoms with van der Waals surface area (Å²) < 4.78 is 37.9. The van der Waals surface area contributed by atoms with Gasteiger partial charge >= 0.3 is 6.18 Å². The van der Waals surface area contributed by atoms with Crippen LogP contribution in [0.15, 0.2) is 48.5 Å². The molecule has 24 heavy (non-hydrogen) atoms. The molecule has 0 fully saturated rings. The van der Waals surface area contributed by atoms with Crippen LogP contribution in [0.4, 0.5) is 24.7 Å². The van der Waals surface area contributed by atoms with Gasteiger partial charge in [0.1, 0.15) is 5.82 Å². The van der Waals surface area contributed by atoms with E-state index in [0.717, 1.165) is 40.0 Å². The molecule has 122 valence electrons. The smallest absolute Gasteiger partial charge is 0.340 e. The van der Waals surface area contributed by atoms with Gasteiger partial charge in [-0.3, -0.25) is 10.2 Å². The standard InChI is InChI=1S/C18H14F3N3/c1-10-3-2-4-13-14(10)9-15-16(13)23-24-17(15)22-12-7-5-11(6-8-12)18(19,20)21/h2-9,22-24H,1H3. The number of anilines is 2. The lowest BCUT2D eigenvalue weighted by molar-refractivity contribution is -0.137. The van der Waals surface area contributed by atoms with Crippen LogP contribution in [0.25, 0.3) is 22.0 Å². The highest BCUT2D eigenvalue weighted by Crippen LogP contribution is 2.39. The van der Waals surface area contributed by atoms with Crippen molar-refractivity contribution in [2.45, 2.75) is 13.1 Å². The van der Waals surface area contributed by atoms with Crippen LogP contribution in [0.3, 0.4) is 0 Å². The zero-order valence-corrected chi connectivity index (χ0v) is 12.8. The quantitative estimate of drug-likeness (QED) is 0.436. The minimum Gasteiger partial charge on any atom is -0.340 e. The first-order valence-electron chi connectivity index (χ1n) is 7.46. The van der Waals surface area contributed by atoms with Crippen molar-refractivity contribution in [3.8, 4) is 11.3 Å². The van der Waals surface area contributed by atoms with Crippen LogP contribution in [0.2, 0.25) is 0 Å². The van der Waals surface area contributed by atoms with Crippen molar-refractivity contribution in [1.29, 1.82) is 0 Å². The number of H-pyrrole nitrogens is 2. The fraction of sp³-hybridized carbons (Fsp3) is 0.111. The summed E-state index contributed by atoms with van der Waals surface area (Å²) in [6.45, 7) is 2.05. The van der Waals surface area contributed by atoms with Gasteiger partial charge in [0.15, 0.2) is 0 Å². The minimum atomic E-state index is -4.33. The van der Waals surface area contributed by atoms with Gasteiger partial charge in [-0.25, -0.2) is 0 Å². The molecule has 0 bridgehead atoms. The number of hydrogen-bond donors (Lipinski definition) is 3. The van der Waals surface area contributed by atoms with Crippen molar-refractivity contribution in [3.05, 3.63) is 59.7 Å². The summed E-state index contributed by atoms with van der Waals surface area (Å²) in [5, 5.41) is 11.6. The Bertz CT molecular complexity index is 977. The fourth-order valence-corrected chi connectivity index (χ4v) is 2.96. The number of aromatic amines is 2. The molecule has 0 saturated carbocycles. The molecule has 1 aliphatic heterocycles. The van der Waals surface area contributed by atoms with Gasteiger partial charge in [-0.15, -0.1) is 0 Å². The summed E-state index contributed by atoms with van der Waals surface area (Å²) in [5.41, 5.74) is 3.05. The highest BCUT2D eigenvalue weighted by atomic mass is 19.4. The average molecular weight is 329 g/mol. The van der Waals surface area contributed by atoms with Crippen LogP contribution < -0.4 is 5.32 Å². The lowest BCUT2D eigenvalue weighted by atomic mass is 10.1. The highest BCUT2D eigenvalue weighted by molar-refractivity contribution is 6.05. The van der Waals surface area contributed by atoms with E-state index in [4.69, 9.17) is 0 Å². The van der Waals surface area contributed by atoms with Gasteiger partial charge in [0.2, 0.25) is 0 Å². The van der Waals surface area contributed by atoms with Gasteiger partial charge in [0.05, 0.1) is 11.3 Å². The number of rotatable bonds is 2. The maximum atomic E-state index is 12.6. The first kappa shape index (κ1) is 14.7. The lowest BCUT2D eigenvalue weighted by Gasteiger charge is -2.08. The molecule has 2 aliphatic rings. The molecule has 6 heteroatoms. The summed E-state index contributed by atoms with van der Waals surface area (Å²) in [5.74, 6) is 0.723. The Morgan fingerprint density at radius 2 is 1.67 bits per heavy atom. The van der Waals surface area contributed by atoms with Gasteiger partial charge in [0, 0.05) is 16.6 Å². The van der Waals surface area contributed by atoms with Crippen molar-refractivity contribution in [2.24, 2.45) is 0 Å². The molecule has 0 spiro atoms. The molecule has 3 nitrogen and oxygen atoms in total. The van der Waals surface area contributed by atoms with Gasteiger partial charge in [0.25, 0.3) is 0 Å². The molecule has 0 radical (unpaired) electrons. The molecule has 0 unspecified atom stereocenters. The molecule has 2 aromatic carbocycles. The number of aromatic nitrogens is 2. The number of halogens is 3. The van der Waals surface area contributed by atoms with Crippen LogP contribution in [-0.4, -0.2) is 10.2 Å². The third kappa shape index (κ3) is 2.31. The molecule has 1 heterocycles. The van der Waals surface area contributed by atoms with Crippen LogP contribution in [0.1, 0.15) is 11.1 Å². The zero-order chi connectivity index (χ0) is 16.9. The predicted octanol–water partition coefficient (Wildman–Crippen LogP) is 5.67. The number of aryl methyl sites for hydroxylation is 1. The molecule has 3 N–H and O–H groups in total. The Balaban J connectivity index is 1.69. The Morgan fingerprint density at radius 3 is 2.38 bits per heavy atom. The van der Waals surface area contributed by atoms with Crippen molar-refractivity contribution >= 4 is 22.3 Å². The second-order valence-corrected chi connectivity index (χ2v) is 5.79. The summed E-state index contributed by atoms with van der Waals surface area (Å²) in [4.78, 5) is 0. The Labute approximate surface area is 135 Å². The summed E-state index contributed by atoms with van der Waals surface area (Å²) in [6.07, 6.45) is -4.33. The maximum absolute atomic E-state index is 12.6. The van der Waals surface area contributed by atoms with E-state index in [1.807, 2.05) is 25.1 Å². The predicted molar refractivity (Wildman–Crippen MR) is 88.7 cm³/mol. The van der Waals surface area contributed by atoms with E-state index in [1.54, 1.807) is 0 Å². The molecule has 0 aromatic heterocycles. The van der Waals surface area contributed by atoms with Crippen molar-refractivity contribution in [3.63, 3.8) is 0 Å². The molecule has 0 saturated heterocycles. The van der Waals surface area contributed by atoms with Crippen LogP contribution in [-0.2, 0) is 6.18 Å². The first-order valence-corrected chi connectivity index (χ1v) is 7.46. The summed E-state index contributed by atoms with van der Waals surface area (Å²) >= 11 is 0. The van der Waals surface area contributed by atoms with Gasteiger partial charge in [-0.1, -0.05) is 18.2 Å². The molecule has 1 aliphatic carbocycles. The third-order valence-electron chi connectivity index (χ3n) is 4.21. The maximum Gasteiger partial charge on any atom is 0.416 e. The number of fused-ring (bicyclic) bond motifs is 3. The van der Waals surface area contributed by atoms with Gasteiger partial charge in [-0.05, 0) is 48.2 Å². The van der Waals surface area contributed by atoms with Gasteiger partial charge < -0.3 is 5.32 Å². The third-order valence-corrected chi connectivity index (χ3v) is 4.21. The molecular formula is C18H14F3N3. The molecule has 0 amide bonds. The summed E-state index contributed by atoms with van der Waals surface area (Å²) in [7, 11) is 0. The van der Waals surface area contributed by atoms with E-state index < -0.39 is 11.7 Å². The van der Waals surface area contributed by atoms with E-state index in [1.165, 1.54) is 17.7 Å². The number of alkyl halides is 3. The van der Waals surface area contributed by atoms with E-state index in [9.17, 15) is 13.2 Å². The first-order chi connectivity index (χ1) is 11.4. The van der Waals surface area contributed by atoms with Crippen LogP contribution in [0, 0.1) is 6.92 Å². The monoisotopic (exact) mass is 329 g/mol. The van der Waals surface area contributed by atoms with Crippen molar-refractivity contribution < 1.29 is 13.2 Å². The Hall–Kier alpha value is -2.89. The van der Waals surface area contributed by atoms with E-state index >= 15 is 0 Å². The number of hydrogen-bond acceptors (Lipinski definition) is 1. The number of nitrogens with one attached hydrogen (secondary N) is 3. The van der Waals surface area contributed by atoms with Crippen molar-refractivity contribution in [2.75, 3.05) is 5.32 Å². The lowest BCUT2D eigenvalue weighted by Crippen LogP contribution is -2.04. The second kappa shape index (κ2) is 5.06. The second-order valence-electron chi connectivity index (χ2n) is 5.79. The highest BCUT2D eigenvalue weighted by Gasteiger charge is 2.30. The molecule has 2 aromatic rings. The van der Waals surface area contributed by atoms with E-state index in [2.05, 4.69) is 21.6 Å². The topological polar surface area (TPSA) is 43.6 Å².